The maximum atomic E-state index is 13.0. The lowest BCUT2D eigenvalue weighted by Gasteiger charge is -2.33. The van der Waals surface area contributed by atoms with Gasteiger partial charge in [-0.1, -0.05) is 12.1 Å². The number of rotatable bonds is 5. The first kappa shape index (κ1) is 16.9. The Morgan fingerprint density at radius 2 is 1.95 bits per heavy atom. The zero-order chi connectivity index (χ0) is 16.1. The summed E-state index contributed by atoms with van der Waals surface area (Å²) >= 11 is 0. The molecule has 0 aliphatic carbocycles. The average Bonchev–Trinajstić information content (AvgIpc) is 2.55. The molecular weight excluding hydrogens is 283 g/mol. The van der Waals surface area contributed by atoms with Crippen molar-refractivity contribution in [1.29, 1.82) is 0 Å². The minimum Gasteiger partial charge on any atom is -0.381 e. The standard InChI is InChI=1S/C17H25FN2O2/c1-13(14-4-6-15(18)7-5-14)19(2)17(21)12-20-10-8-16(22-3)9-11-20/h4-7,13,16H,8-12H2,1-3H3. The van der Waals surface area contributed by atoms with Crippen LogP contribution in [0.5, 0.6) is 0 Å². The Bertz CT molecular complexity index is 484. The number of likely N-dealkylation sites (N-methyl/N-ethyl adjacent to an activating group) is 1. The molecule has 22 heavy (non-hydrogen) atoms. The van der Waals surface area contributed by atoms with Gasteiger partial charge in [-0.2, -0.15) is 0 Å². The molecule has 1 fully saturated rings. The summed E-state index contributed by atoms with van der Waals surface area (Å²) in [6, 6.07) is 6.26. The number of methoxy groups -OCH3 is 1. The van der Waals surface area contributed by atoms with E-state index in [1.807, 2.05) is 6.92 Å². The van der Waals surface area contributed by atoms with Crippen LogP contribution < -0.4 is 0 Å². The predicted molar refractivity (Wildman–Crippen MR) is 84.1 cm³/mol. The molecule has 1 saturated heterocycles. The molecule has 1 unspecified atom stereocenters. The molecule has 1 aromatic carbocycles. The van der Waals surface area contributed by atoms with E-state index >= 15 is 0 Å². The van der Waals surface area contributed by atoms with Gasteiger partial charge in [0, 0.05) is 27.2 Å². The molecule has 0 spiro atoms. The second-order valence-electron chi connectivity index (χ2n) is 5.94. The zero-order valence-corrected chi connectivity index (χ0v) is 13.6. The summed E-state index contributed by atoms with van der Waals surface area (Å²) < 4.78 is 18.3. The number of piperidine rings is 1. The molecule has 2 rings (SSSR count). The van der Waals surface area contributed by atoms with Gasteiger partial charge in [-0.3, -0.25) is 9.69 Å². The van der Waals surface area contributed by atoms with E-state index in [1.54, 1.807) is 31.2 Å². The van der Waals surface area contributed by atoms with E-state index in [9.17, 15) is 9.18 Å². The Morgan fingerprint density at radius 3 is 2.50 bits per heavy atom. The fraction of sp³-hybridized carbons (Fsp3) is 0.588. The first-order valence-electron chi connectivity index (χ1n) is 7.77. The number of benzene rings is 1. The van der Waals surface area contributed by atoms with Crippen LogP contribution >= 0.6 is 0 Å². The molecule has 0 bridgehead atoms. The fourth-order valence-corrected chi connectivity index (χ4v) is 2.79. The number of amides is 1. The van der Waals surface area contributed by atoms with Gasteiger partial charge in [-0.05, 0) is 37.5 Å². The van der Waals surface area contributed by atoms with E-state index < -0.39 is 0 Å². The maximum absolute atomic E-state index is 13.0. The highest BCUT2D eigenvalue weighted by molar-refractivity contribution is 5.78. The summed E-state index contributed by atoms with van der Waals surface area (Å²) in [7, 11) is 3.54. The Labute approximate surface area is 131 Å². The van der Waals surface area contributed by atoms with Crippen LogP contribution in [-0.2, 0) is 9.53 Å². The van der Waals surface area contributed by atoms with Crippen molar-refractivity contribution in [3.8, 4) is 0 Å². The number of carbonyl (C=O) groups excluding carboxylic acids is 1. The molecular formula is C17H25FN2O2. The Kier molecular flexibility index (Phi) is 5.91. The predicted octanol–water partition coefficient (Wildman–Crippen LogP) is 2.46. The van der Waals surface area contributed by atoms with Crippen LogP contribution in [0, 0.1) is 5.82 Å². The van der Waals surface area contributed by atoms with Crippen LogP contribution in [0.2, 0.25) is 0 Å². The summed E-state index contributed by atoms with van der Waals surface area (Å²) in [5.74, 6) is -0.168. The quantitative estimate of drug-likeness (QED) is 0.837. The van der Waals surface area contributed by atoms with Gasteiger partial charge in [0.1, 0.15) is 5.82 Å². The molecule has 1 heterocycles. The smallest absolute Gasteiger partial charge is 0.236 e. The van der Waals surface area contributed by atoms with E-state index in [4.69, 9.17) is 4.74 Å². The maximum Gasteiger partial charge on any atom is 0.236 e. The molecule has 1 amide bonds. The number of ether oxygens (including phenoxy) is 1. The highest BCUT2D eigenvalue weighted by Gasteiger charge is 2.23. The first-order chi connectivity index (χ1) is 10.5. The summed E-state index contributed by atoms with van der Waals surface area (Å²) in [5, 5.41) is 0. The normalized spacial score (nSPS) is 18.2. The SMILES string of the molecule is COC1CCN(CC(=O)N(C)C(C)c2ccc(F)cc2)CC1. The molecule has 0 N–H and O–H groups in total. The van der Waals surface area contributed by atoms with Crippen molar-refractivity contribution in [3.63, 3.8) is 0 Å². The third kappa shape index (κ3) is 4.27. The highest BCUT2D eigenvalue weighted by atomic mass is 19.1. The number of hydrogen-bond acceptors (Lipinski definition) is 3. The van der Waals surface area contributed by atoms with Crippen LogP contribution in [0.1, 0.15) is 31.4 Å². The Hall–Kier alpha value is -1.46. The molecule has 0 radical (unpaired) electrons. The molecule has 1 aliphatic heterocycles. The first-order valence-corrected chi connectivity index (χ1v) is 7.77. The molecule has 1 aliphatic rings. The van der Waals surface area contributed by atoms with Crippen LogP contribution in [0.4, 0.5) is 4.39 Å². The highest BCUT2D eigenvalue weighted by Crippen LogP contribution is 2.20. The number of nitrogens with zero attached hydrogens (tertiary/aromatic N) is 2. The van der Waals surface area contributed by atoms with E-state index in [1.165, 1.54) is 12.1 Å². The van der Waals surface area contributed by atoms with E-state index in [-0.39, 0.29) is 17.8 Å². The van der Waals surface area contributed by atoms with Crippen molar-refractivity contribution in [2.75, 3.05) is 33.8 Å². The summed E-state index contributed by atoms with van der Waals surface area (Å²) in [4.78, 5) is 16.3. The van der Waals surface area contributed by atoms with Gasteiger partial charge in [-0.25, -0.2) is 4.39 Å². The van der Waals surface area contributed by atoms with E-state index in [2.05, 4.69) is 4.90 Å². The largest absolute Gasteiger partial charge is 0.381 e. The molecule has 1 atom stereocenters. The van der Waals surface area contributed by atoms with Crippen LogP contribution in [0.25, 0.3) is 0 Å². The van der Waals surface area contributed by atoms with E-state index in [0.29, 0.717) is 12.6 Å². The second kappa shape index (κ2) is 7.70. The summed E-state index contributed by atoms with van der Waals surface area (Å²) in [6.07, 6.45) is 2.27. The lowest BCUT2D eigenvalue weighted by molar-refractivity contribution is -0.133. The van der Waals surface area contributed by atoms with Gasteiger partial charge in [-0.15, -0.1) is 0 Å². The van der Waals surface area contributed by atoms with Gasteiger partial charge in [0.2, 0.25) is 5.91 Å². The zero-order valence-electron chi connectivity index (χ0n) is 13.6. The summed E-state index contributed by atoms with van der Waals surface area (Å²) in [5.41, 5.74) is 0.940. The van der Waals surface area contributed by atoms with Crippen molar-refractivity contribution in [2.45, 2.75) is 31.9 Å². The molecule has 0 saturated carbocycles. The minimum atomic E-state index is -0.258. The van der Waals surface area contributed by atoms with Gasteiger partial charge in [0.25, 0.3) is 0 Å². The van der Waals surface area contributed by atoms with Gasteiger partial charge < -0.3 is 9.64 Å². The third-order valence-corrected chi connectivity index (χ3v) is 4.55. The number of likely N-dealkylation sites (tertiary alicyclic amines) is 1. The van der Waals surface area contributed by atoms with Crippen molar-refractivity contribution < 1.29 is 13.9 Å². The monoisotopic (exact) mass is 308 g/mol. The van der Waals surface area contributed by atoms with Crippen molar-refractivity contribution >= 4 is 5.91 Å². The van der Waals surface area contributed by atoms with E-state index in [0.717, 1.165) is 31.5 Å². The number of hydrogen-bond donors (Lipinski definition) is 0. The summed E-state index contributed by atoms with van der Waals surface area (Å²) in [6.45, 7) is 4.17. The molecule has 122 valence electrons. The molecule has 5 heteroatoms. The van der Waals surface area contributed by atoms with Crippen LogP contribution in [-0.4, -0.2) is 55.6 Å². The van der Waals surface area contributed by atoms with Crippen LogP contribution in [0.3, 0.4) is 0 Å². The lowest BCUT2D eigenvalue weighted by Crippen LogP contribution is -2.44. The molecule has 0 aromatic heterocycles. The Morgan fingerprint density at radius 1 is 1.36 bits per heavy atom. The van der Waals surface area contributed by atoms with Crippen molar-refractivity contribution in [2.24, 2.45) is 0 Å². The Balaban J connectivity index is 1.87. The van der Waals surface area contributed by atoms with Gasteiger partial charge in [0.15, 0.2) is 0 Å². The third-order valence-electron chi connectivity index (χ3n) is 4.55. The topological polar surface area (TPSA) is 32.8 Å². The lowest BCUT2D eigenvalue weighted by atomic mass is 10.1. The van der Waals surface area contributed by atoms with Crippen molar-refractivity contribution in [3.05, 3.63) is 35.6 Å². The van der Waals surface area contributed by atoms with Crippen LogP contribution in [0.15, 0.2) is 24.3 Å². The average molecular weight is 308 g/mol. The van der Waals surface area contributed by atoms with Gasteiger partial charge in [0.05, 0.1) is 18.7 Å². The number of carbonyl (C=O) groups is 1. The molecule has 4 nitrogen and oxygen atoms in total. The van der Waals surface area contributed by atoms with Crippen molar-refractivity contribution in [1.82, 2.24) is 9.80 Å². The fourth-order valence-electron chi connectivity index (χ4n) is 2.79. The second-order valence-corrected chi connectivity index (χ2v) is 5.94. The number of halogens is 1. The van der Waals surface area contributed by atoms with Gasteiger partial charge >= 0.3 is 0 Å². The minimum absolute atomic E-state index is 0.0652. The molecule has 1 aromatic rings.